The fraction of sp³-hybridized carbons (Fsp3) is 0.721. The minimum Gasteiger partial charge on any atom is -0.465 e. The predicted octanol–water partition coefficient (Wildman–Crippen LogP) is 7.48. The van der Waals surface area contributed by atoms with Gasteiger partial charge in [-0.1, -0.05) is 58.1 Å². The summed E-state index contributed by atoms with van der Waals surface area (Å²) >= 11 is 0. The Bertz CT molecular complexity index is 1790. The number of allylic oxidation sites excluding steroid dienone is 3. The highest BCUT2D eigenvalue weighted by Crippen LogP contribution is 2.88. The average Bonchev–Trinajstić information content (AvgIpc) is 3.56. The molecule has 6 fully saturated rings. The molecule has 8 rings (SSSR count). The van der Waals surface area contributed by atoms with Gasteiger partial charge in [-0.25, -0.2) is 13.2 Å². The maximum absolute atomic E-state index is 13.8. The van der Waals surface area contributed by atoms with Crippen molar-refractivity contribution >= 4 is 27.3 Å². The van der Waals surface area contributed by atoms with Gasteiger partial charge < -0.3 is 10.1 Å². The van der Waals surface area contributed by atoms with Gasteiger partial charge in [-0.15, -0.1) is 0 Å². The molecule has 1 aromatic carbocycles. The average molecular weight is 717 g/mol. The second-order valence-electron chi connectivity index (χ2n) is 19.1. The van der Waals surface area contributed by atoms with Gasteiger partial charge in [-0.05, 0) is 145 Å². The molecule has 8 heteroatoms. The van der Waals surface area contributed by atoms with Crippen molar-refractivity contribution < 1.29 is 22.7 Å². The largest absolute Gasteiger partial charge is 0.465 e. The first-order chi connectivity index (χ1) is 24.0. The standard InChI is InChI=1S/C43H60N2O5S/c1-28(2)31-14-17-42(44-35(46)26-45-22-24-51(48,49)25-23-45)20-18-38(3)33(36(31)42)12-13-34-39(38,4)19-21-43-27-41(43,6)32(15-16-40(34,43)5)29-8-10-30(11-9-29)37(47)50-7/h8-11,15,31,33-34,36H,1,12-14,16-27H2,2-7H3,(H,44,46)/t31-,33+,34-,36+,38+,39+,40+,41?,42-,43-/m0/s1. The quantitative estimate of drug-likeness (QED) is 0.243. The van der Waals surface area contributed by atoms with Crippen molar-refractivity contribution in [1.29, 1.82) is 0 Å². The van der Waals surface area contributed by atoms with E-state index in [1.165, 1.54) is 55.9 Å². The maximum Gasteiger partial charge on any atom is 0.337 e. The summed E-state index contributed by atoms with van der Waals surface area (Å²) in [4.78, 5) is 28.0. The van der Waals surface area contributed by atoms with Crippen molar-refractivity contribution in [2.75, 3.05) is 38.2 Å². The Morgan fingerprint density at radius 3 is 2.27 bits per heavy atom. The summed E-state index contributed by atoms with van der Waals surface area (Å²) in [6.45, 7) is 18.4. The van der Waals surface area contributed by atoms with Gasteiger partial charge >= 0.3 is 5.97 Å². The molecule has 0 radical (unpaired) electrons. The number of nitrogens with one attached hydrogen (secondary N) is 1. The predicted molar refractivity (Wildman–Crippen MR) is 202 cm³/mol. The molecule has 1 aliphatic heterocycles. The van der Waals surface area contributed by atoms with Crippen LogP contribution in [0.1, 0.15) is 115 Å². The molecule has 1 amide bonds. The van der Waals surface area contributed by atoms with Crippen molar-refractivity contribution in [3.63, 3.8) is 0 Å². The van der Waals surface area contributed by atoms with Crippen molar-refractivity contribution in [2.45, 2.75) is 104 Å². The SMILES string of the molecule is C=C(C)[C@@H]1CC[C@]2(NC(=O)CN3CCS(=O)(=O)CC3)CC[C@]3(C)[C@H](CC[C@@H]4[C@@]5(C)CC=C(c6ccc(C(=O)OC)cc6)C6(C)C[C@]65CC[C@]43C)[C@@H]12. The van der Waals surface area contributed by atoms with E-state index in [0.29, 0.717) is 47.7 Å². The number of rotatable bonds is 6. The van der Waals surface area contributed by atoms with Crippen LogP contribution in [0, 0.1) is 50.7 Å². The maximum atomic E-state index is 13.8. The topological polar surface area (TPSA) is 92.8 Å². The highest BCUT2D eigenvalue weighted by Gasteiger charge is 2.80. The number of amides is 1. The first-order valence-corrected chi connectivity index (χ1v) is 21.6. The number of carbonyl (C=O) groups is 2. The number of sulfone groups is 1. The molecule has 7 aliphatic rings. The van der Waals surface area contributed by atoms with Crippen LogP contribution in [0.4, 0.5) is 0 Å². The van der Waals surface area contributed by atoms with E-state index in [1.807, 2.05) is 17.0 Å². The highest BCUT2D eigenvalue weighted by molar-refractivity contribution is 7.91. The van der Waals surface area contributed by atoms with Crippen LogP contribution >= 0.6 is 0 Å². The Morgan fingerprint density at radius 2 is 1.61 bits per heavy atom. The summed E-state index contributed by atoms with van der Waals surface area (Å²) in [5.41, 5.74) is 5.44. The monoisotopic (exact) mass is 716 g/mol. The Morgan fingerprint density at radius 1 is 0.922 bits per heavy atom. The van der Waals surface area contributed by atoms with Gasteiger partial charge in [0.25, 0.3) is 0 Å². The lowest BCUT2D eigenvalue weighted by atomic mass is 9.33. The van der Waals surface area contributed by atoms with E-state index in [9.17, 15) is 18.0 Å². The van der Waals surface area contributed by atoms with Gasteiger partial charge in [-0.2, -0.15) is 0 Å². The number of hydrogen-bond acceptors (Lipinski definition) is 6. The third-order valence-corrected chi connectivity index (χ3v) is 19.1. The number of benzene rings is 1. The molecule has 6 aliphatic carbocycles. The number of fused-ring (bicyclic) bond motifs is 6. The molecule has 1 heterocycles. The molecule has 0 aromatic heterocycles. The van der Waals surface area contributed by atoms with Gasteiger partial charge in [0.05, 0.1) is 30.7 Å². The Balaban J connectivity index is 1.07. The molecule has 5 saturated carbocycles. The zero-order valence-corrected chi connectivity index (χ0v) is 32.7. The number of nitrogens with zero attached hydrogens (tertiary/aromatic N) is 1. The van der Waals surface area contributed by atoms with Crippen molar-refractivity contribution in [1.82, 2.24) is 10.2 Å². The van der Waals surface area contributed by atoms with Gasteiger partial charge in [0, 0.05) is 18.6 Å². The molecule has 1 aromatic rings. The van der Waals surface area contributed by atoms with E-state index in [-0.39, 0.29) is 57.1 Å². The fourth-order valence-electron chi connectivity index (χ4n) is 14.5. The second-order valence-corrected chi connectivity index (χ2v) is 21.4. The number of carbonyl (C=O) groups excluding carboxylic acids is 2. The molecule has 1 saturated heterocycles. The van der Waals surface area contributed by atoms with Crippen molar-refractivity contribution in [3.05, 3.63) is 53.6 Å². The number of methoxy groups -OCH3 is 1. The molecule has 1 N–H and O–H groups in total. The number of esters is 1. The van der Waals surface area contributed by atoms with Crippen molar-refractivity contribution in [2.24, 2.45) is 50.7 Å². The minimum absolute atomic E-state index is 0.0648. The highest BCUT2D eigenvalue weighted by atomic mass is 32.2. The Hall–Kier alpha value is -2.45. The summed E-state index contributed by atoms with van der Waals surface area (Å²) in [5.74, 6) is 2.04. The third-order valence-electron chi connectivity index (χ3n) is 17.4. The molecule has 278 valence electrons. The summed E-state index contributed by atoms with van der Waals surface area (Å²) < 4.78 is 29.0. The Kier molecular flexibility index (Phi) is 8.04. The van der Waals surface area contributed by atoms with Crippen LogP contribution in [0.3, 0.4) is 0 Å². The van der Waals surface area contributed by atoms with Gasteiger partial charge in [0.1, 0.15) is 0 Å². The molecule has 51 heavy (non-hydrogen) atoms. The van der Waals surface area contributed by atoms with E-state index in [4.69, 9.17) is 4.74 Å². The van der Waals surface area contributed by atoms with E-state index in [1.54, 1.807) is 0 Å². The molecule has 1 unspecified atom stereocenters. The van der Waals surface area contributed by atoms with Gasteiger partial charge in [0.2, 0.25) is 5.91 Å². The Labute approximate surface area is 306 Å². The van der Waals surface area contributed by atoms with Crippen LogP contribution in [0.2, 0.25) is 0 Å². The molecular weight excluding hydrogens is 657 g/mol. The molecule has 0 bridgehead atoms. The lowest BCUT2D eigenvalue weighted by molar-refractivity contribution is -0.219. The van der Waals surface area contributed by atoms with E-state index < -0.39 is 9.84 Å². The summed E-state index contributed by atoms with van der Waals surface area (Å²) in [6, 6.07) is 8.09. The second kappa shape index (κ2) is 11.5. The zero-order chi connectivity index (χ0) is 36.4. The normalized spacial score (nSPS) is 45.1. The number of ether oxygens (including phenoxy) is 1. The van der Waals surface area contributed by atoms with E-state index >= 15 is 0 Å². The van der Waals surface area contributed by atoms with Gasteiger partial charge in [-0.3, -0.25) is 9.69 Å². The number of hydrogen-bond donors (Lipinski definition) is 1. The lowest BCUT2D eigenvalue weighted by Gasteiger charge is -2.72. The first-order valence-electron chi connectivity index (χ1n) is 19.8. The van der Waals surface area contributed by atoms with Gasteiger partial charge in [0.15, 0.2) is 9.84 Å². The van der Waals surface area contributed by atoms with Crippen molar-refractivity contribution in [3.8, 4) is 0 Å². The zero-order valence-electron chi connectivity index (χ0n) is 31.9. The van der Waals surface area contributed by atoms with Crippen LogP contribution < -0.4 is 5.32 Å². The lowest BCUT2D eigenvalue weighted by Crippen LogP contribution is -2.68. The first kappa shape index (κ1) is 35.6. The van der Waals surface area contributed by atoms with E-state index in [0.717, 1.165) is 32.1 Å². The summed E-state index contributed by atoms with van der Waals surface area (Å²) in [6.07, 6.45) is 14.1. The smallest absolute Gasteiger partial charge is 0.337 e. The minimum atomic E-state index is -2.98. The fourth-order valence-corrected chi connectivity index (χ4v) is 15.8. The molecule has 7 nitrogen and oxygen atoms in total. The van der Waals surface area contributed by atoms with Crippen LogP contribution in [-0.2, 0) is 19.4 Å². The van der Waals surface area contributed by atoms with Crippen LogP contribution in [0.5, 0.6) is 0 Å². The summed E-state index contributed by atoms with van der Waals surface area (Å²) in [5, 5.41) is 3.68. The third kappa shape index (κ3) is 4.86. The van der Waals surface area contributed by atoms with Crippen LogP contribution in [0.25, 0.3) is 5.57 Å². The molecule has 1 spiro atoms. The molecular formula is C43H60N2O5S. The van der Waals surface area contributed by atoms with Crippen LogP contribution in [-0.4, -0.2) is 69.0 Å². The van der Waals surface area contributed by atoms with Crippen LogP contribution in [0.15, 0.2) is 42.5 Å². The summed E-state index contributed by atoms with van der Waals surface area (Å²) in [7, 11) is -1.55. The molecule has 10 atom stereocenters. The van der Waals surface area contributed by atoms with E-state index in [2.05, 4.69) is 64.7 Å².